The number of carbonyl (C=O) groups excluding carboxylic acids is 1. The summed E-state index contributed by atoms with van der Waals surface area (Å²) >= 11 is 4.73. The summed E-state index contributed by atoms with van der Waals surface area (Å²) in [6.07, 6.45) is 0. The smallest absolute Gasteiger partial charge is 0.339 e. The van der Waals surface area contributed by atoms with Crippen LogP contribution in [0.1, 0.15) is 17.8 Å². The van der Waals surface area contributed by atoms with Gasteiger partial charge in [0.2, 0.25) is 0 Å². The van der Waals surface area contributed by atoms with Crippen LogP contribution in [-0.2, 0) is 0 Å². The molecule has 1 aromatic heterocycles. The van der Waals surface area contributed by atoms with Crippen molar-refractivity contribution in [2.45, 2.75) is 13.0 Å². The average Bonchev–Trinajstić information content (AvgIpc) is 2.49. The molecular weight excluding hydrogens is 256 g/mol. The Morgan fingerprint density at radius 3 is 2.85 bits per heavy atom. The van der Waals surface area contributed by atoms with Crippen molar-refractivity contribution >= 4 is 33.3 Å². The molecule has 2 amide bonds. The van der Waals surface area contributed by atoms with E-state index >= 15 is 0 Å². The summed E-state index contributed by atoms with van der Waals surface area (Å²) in [5.74, 6) is 0. The van der Waals surface area contributed by atoms with Crippen molar-refractivity contribution in [2.75, 3.05) is 0 Å². The average molecular weight is 265 g/mol. The number of nitrogens with two attached hydrogens (primary N) is 1. The first-order valence-corrected chi connectivity index (χ1v) is 5.21. The van der Waals surface area contributed by atoms with Gasteiger partial charge in [-0.25, -0.2) is 4.79 Å². The number of urea groups is 1. The summed E-state index contributed by atoms with van der Waals surface area (Å²) in [6, 6.07) is 0.576. The van der Waals surface area contributed by atoms with Crippen molar-refractivity contribution in [3.05, 3.63) is 20.8 Å². The van der Waals surface area contributed by atoms with E-state index in [1.807, 2.05) is 11.4 Å². The van der Waals surface area contributed by atoms with E-state index in [0.717, 1.165) is 9.35 Å². The van der Waals surface area contributed by atoms with E-state index in [4.69, 9.17) is 5.73 Å². The molecule has 0 aliphatic rings. The number of hydroxylamine groups is 2. The van der Waals surface area contributed by atoms with Gasteiger partial charge < -0.3 is 5.73 Å². The van der Waals surface area contributed by atoms with Crippen LogP contribution in [0.25, 0.3) is 0 Å². The number of primary amides is 1. The molecule has 1 heterocycles. The Hall–Kier alpha value is -0.590. The van der Waals surface area contributed by atoms with Gasteiger partial charge in [0.1, 0.15) is 0 Å². The molecule has 0 aliphatic heterocycles. The molecule has 72 valence electrons. The third-order valence-corrected chi connectivity index (χ3v) is 3.46. The third-order valence-electron chi connectivity index (χ3n) is 1.59. The minimum absolute atomic E-state index is 0.409. The highest BCUT2D eigenvalue weighted by Crippen LogP contribution is 2.28. The second kappa shape index (κ2) is 4.08. The number of rotatable bonds is 2. The molecule has 1 unspecified atom stereocenters. The maximum Gasteiger partial charge on any atom is 0.339 e. The number of hydrogen-bond donors (Lipinski definition) is 2. The van der Waals surface area contributed by atoms with Gasteiger partial charge in [-0.2, -0.15) is 5.06 Å². The first-order chi connectivity index (χ1) is 6.02. The molecule has 0 fully saturated rings. The molecule has 0 spiro atoms. The van der Waals surface area contributed by atoms with Gasteiger partial charge in [0.15, 0.2) is 0 Å². The Balaban J connectivity index is 2.78. The van der Waals surface area contributed by atoms with E-state index in [1.165, 1.54) is 11.3 Å². The fourth-order valence-corrected chi connectivity index (χ4v) is 2.35. The summed E-state index contributed by atoms with van der Waals surface area (Å²) in [5.41, 5.74) is 4.91. The van der Waals surface area contributed by atoms with E-state index < -0.39 is 12.1 Å². The zero-order chi connectivity index (χ0) is 10.0. The van der Waals surface area contributed by atoms with Gasteiger partial charge in [-0.3, -0.25) is 5.21 Å². The second-order valence-corrected chi connectivity index (χ2v) is 4.38. The molecule has 1 rings (SSSR count). The van der Waals surface area contributed by atoms with Crippen molar-refractivity contribution in [3.63, 3.8) is 0 Å². The lowest BCUT2D eigenvalue weighted by Gasteiger charge is -2.18. The van der Waals surface area contributed by atoms with Crippen LogP contribution in [0.3, 0.4) is 0 Å². The molecule has 0 bridgehead atoms. The molecule has 0 saturated heterocycles. The maximum absolute atomic E-state index is 10.6. The Labute approximate surface area is 88.0 Å². The Kier molecular flexibility index (Phi) is 3.29. The van der Waals surface area contributed by atoms with Crippen LogP contribution in [-0.4, -0.2) is 16.3 Å². The summed E-state index contributed by atoms with van der Waals surface area (Å²) in [5, 5.41) is 11.6. The lowest BCUT2D eigenvalue weighted by atomic mass is 10.3. The van der Waals surface area contributed by atoms with Gasteiger partial charge in [0.25, 0.3) is 0 Å². The second-order valence-electron chi connectivity index (χ2n) is 2.53. The van der Waals surface area contributed by atoms with Crippen LogP contribution in [0.15, 0.2) is 15.9 Å². The predicted octanol–water partition coefficient (Wildman–Crippen LogP) is 2.34. The summed E-state index contributed by atoms with van der Waals surface area (Å²) in [6.45, 7) is 1.70. The van der Waals surface area contributed by atoms with Crippen LogP contribution in [0, 0.1) is 0 Å². The van der Waals surface area contributed by atoms with Gasteiger partial charge in [-0.1, -0.05) is 0 Å². The molecular formula is C7H9BrN2O2S. The molecule has 0 aliphatic carbocycles. The number of nitrogens with zero attached hydrogens (tertiary/aromatic N) is 1. The zero-order valence-corrected chi connectivity index (χ0v) is 9.30. The lowest BCUT2D eigenvalue weighted by molar-refractivity contribution is -0.0700. The van der Waals surface area contributed by atoms with Crippen molar-refractivity contribution in [3.8, 4) is 0 Å². The van der Waals surface area contributed by atoms with E-state index in [-0.39, 0.29) is 0 Å². The Morgan fingerprint density at radius 2 is 2.46 bits per heavy atom. The largest absolute Gasteiger partial charge is 0.350 e. The minimum atomic E-state index is -0.850. The van der Waals surface area contributed by atoms with E-state index in [9.17, 15) is 10.0 Å². The molecule has 0 saturated carbocycles. The number of hydrogen-bond acceptors (Lipinski definition) is 3. The number of amides is 2. The van der Waals surface area contributed by atoms with E-state index in [0.29, 0.717) is 5.06 Å². The number of halogens is 1. The van der Waals surface area contributed by atoms with Crippen molar-refractivity contribution in [2.24, 2.45) is 5.73 Å². The van der Waals surface area contributed by atoms with E-state index in [2.05, 4.69) is 15.9 Å². The molecule has 0 aromatic carbocycles. The normalized spacial score (nSPS) is 12.5. The summed E-state index contributed by atoms with van der Waals surface area (Å²) in [4.78, 5) is 11.5. The van der Waals surface area contributed by atoms with E-state index in [1.54, 1.807) is 6.92 Å². The lowest BCUT2D eigenvalue weighted by Crippen LogP contribution is -2.34. The molecule has 6 heteroatoms. The first-order valence-electron chi connectivity index (χ1n) is 3.54. The number of carbonyl (C=O) groups is 1. The van der Waals surface area contributed by atoms with Crippen molar-refractivity contribution in [1.82, 2.24) is 5.06 Å². The zero-order valence-electron chi connectivity index (χ0n) is 6.90. The molecule has 3 N–H and O–H groups in total. The van der Waals surface area contributed by atoms with Crippen molar-refractivity contribution < 1.29 is 10.0 Å². The highest BCUT2D eigenvalue weighted by atomic mass is 79.9. The van der Waals surface area contributed by atoms with Gasteiger partial charge in [-0.15, -0.1) is 11.3 Å². The highest BCUT2D eigenvalue weighted by molar-refractivity contribution is 9.10. The molecule has 4 nitrogen and oxygen atoms in total. The standard InChI is InChI=1S/C7H9BrN2O2S/c1-4(10(12)7(9)11)6-2-5(8)3-13-6/h2-4,12H,1H3,(H2,9,11). The van der Waals surface area contributed by atoms with Gasteiger partial charge in [-0.05, 0) is 28.9 Å². The Bertz CT molecular complexity index is 315. The monoisotopic (exact) mass is 264 g/mol. The summed E-state index contributed by atoms with van der Waals surface area (Å²) in [7, 11) is 0. The Morgan fingerprint density at radius 1 is 1.85 bits per heavy atom. The van der Waals surface area contributed by atoms with Gasteiger partial charge >= 0.3 is 6.03 Å². The first kappa shape index (κ1) is 10.5. The quantitative estimate of drug-likeness (QED) is 0.636. The van der Waals surface area contributed by atoms with Gasteiger partial charge in [0.05, 0.1) is 6.04 Å². The van der Waals surface area contributed by atoms with Crippen LogP contribution in [0.2, 0.25) is 0 Å². The fraction of sp³-hybridized carbons (Fsp3) is 0.286. The summed E-state index contributed by atoms with van der Waals surface area (Å²) < 4.78 is 0.928. The molecule has 1 atom stereocenters. The van der Waals surface area contributed by atoms with Crippen LogP contribution in [0.4, 0.5) is 4.79 Å². The molecule has 0 radical (unpaired) electrons. The predicted molar refractivity (Wildman–Crippen MR) is 53.6 cm³/mol. The van der Waals surface area contributed by atoms with Gasteiger partial charge in [0, 0.05) is 14.7 Å². The SMILES string of the molecule is CC(c1cc(Br)cs1)N(O)C(N)=O. The third kappa shape index (κ3) is 2.43. The molecule has 13 heavy (non-hydrogen) atoms. The van der Waals surface area contributed by atoms with Crippen molar-refractivity contribution in [1.29, 1.82) is 0 Å². The maximum atomic E-state index is 10.6. The van der Waals surface area contributed by atoms with Crippen LogP contribution >= 0.6 is 27.3 Å². The number of thiophene rings is 1. The minimum Gasteiger partial charge on any atom is -0.350 e. The van der Waals surface area contributed by atoms with Crippen LogP contribution in [0.5, 0.6) is 0 Å². The topological polar surface area (TPSA) is 66.6 Å². The van der Waals surface area contributed by atoms with Crippen LogP contribution < -0.4 is 5.73 Å². The highest BCUT2D eigenvalue weighted by Gasteiger charge is 2.18. The fourth-order valence-electron chi connectivity index (χ4n) is 0.859. The molecule has 1 aromatic rings.